The van der Waals surface area contributed by atoms with Gasteiger partial charge in [0, 0.05) is 0 Å². The van der Waals surface area contributed by atoms with E-state index in [-0.39, 0.29) is 16.4 Å². The van der Waals surface area contributed by atoms with E-state index >= 15 is 0 Å². The van der Waals surface area contributed by atoms with Crippen molar-refractivity contribution < 1.29 is 23.5 Å². The second-order valence-corrected chi connectivity index (χ2v) is 7.81. The summed E-state index contributed by atoms with van der Waals surface area (Å²) >= 11 is 0. The summed E-state index contributed by atoms with van der Waals surface area (Å²) in [5.74, 6) is -4.06. The Morgan fingerprint density at radius 1 is 1.14 bits per heavy atom. The van der Waals surface area contributed by atoms with Crippen molar-refractivity contribution in [3.63, 3.8) is 0 Å². The van der Waals surface area contributed by atoms with E-state index in [1.807, 2.05) is 32.9 Å². The van der Waals surface area contributed by atoms with Crippen LogP contribution in [-0.2, 0) is 21.5 Å². The monoisotopic (exact) mass is 401 g/mol. The van der Waals surface area contributed by atoms with Gasteiger partial charge in [0.25, 0.3) is 0 Å². The molecule has 0 saturated carbocycles. The fourth-order valence-electron chi connectivity index (χ4n) is 3.04. The minimum absolute atomic E-state index is 0.0949. The highest BCUT2D eigenvalue weighted by Gasteiger charge is 2.24. The van der Waals surface area contributed by atoms with Gasteiger partial charge in [-0.2, -0.15) is 0 Å². The average Bonchev–Trinajstić information content (AvgIpc) is 3.05. The third-order valence-electron chi connectivity index (χ3n) is 4.65. The van der Waals surface area contributed by atoms with Crippen molar-refractivity contribution in [3.8, 4) is 0 Å². The highest BCUT2D eigenvalue weighted by Crippen LogP contribution is 2.24. The molecule has 0 fully saturated rings. The molecule has 6 nitrogen and oxygen atoms in total. The molecule has 1 unspecified atom stereocenters. The molecule has 1 aromatic heterocycles. The maximum absolute atomic E-state index is 14.1. The van der Waals surface area contributed by atoms with E-state index in [1.165, 1.54) is 12.4 Å². The number of fused-ring (bicyclic) bond motifs is 1. The molecule has 0 saturated heterocycles. The number of hydrogen-bond acceptors (Lipinski definition) is 3. The second kappa shape index (κ2) is 7.62. The summed E-state index contributed by atoms with van der Waals surface area (Å²) in [7, 11) is 0. The number of aromatic nitrogens is 2. The molecule has 1 heterocycles. The first-order valence-corrected chi connectivity index (χ1v) is 8.99. The molecule has 8 heteroatoms. The topological polar surface area (TPSA) is 84.2 Å². The average molecular weight is 401 g/mol. The van der Waals surface area contributed by atoms with E-state index in [9.17, 15) is 23.5 Å². The lowest BCUT2D eigenvalue weighted by Crippen LogP contribution is -2.35. The number of nitrogens with one attached hydrogen (secondary N) is 1. The first kappa shape index (κ1) is 20.4. The van der Waals surface area contributed by atoms with Gasteiger partial charge in [0.1, 0.15) is 12.1 Å². The standard InChI is InChI=1S/C21H21F2N3O3/c1-21(2,3)13-6-4-12(5-7-13)18(20(28)29)25-16(27)10-26-11-24-15-9-8-14(22)17(23)19(15)26/h4-9,11,18H,10H2,1-3H3,(H,25,27)(H,28,29). The van der Waals surface area contributed by atoms with Crippen LogP contribution in [0.4, 0.5) is 8.78 Å². The normalized spacial score (nSPS) is 12.7. The smallest absolute Gasteiger partial charge is 0.330 e. The SMILES string of the molecule is CC(C)(C)c1ccc(C(NC(=O)Cn2cnc3ccc(F)c(F)c32)C(=O)O)cc1. The van der Waals surface area contributed by atoms with Crippen LogP contribution in [-0.4, -0.2) is 26.5 Å². The number of hydrogen-bond donors (Lipinski definition) is 2. The summed E-state index contributed by atoms with van der Waals surface area (Å²) in [6, 6.07) is 7.93. The molecule has 1 amide bonds. The Bertz CT molecular complexity index is 1070. The summed E-state index contributed by atoms with van der Waals surface area (Å²) in [5.41, 5.74) is 1.39. The number of amides is 1. The van der Waals surface area contributed by atoms with Crippen LogP contribution in [0.2, 0.25) is 0 Å². The van der Waals surface area contributed by atoms with Crippen LogP contribution in [0.1, 0.15) is 37.9 Å². The first-order valence-electron chi connectivity index (χ1n) is 8.99. The number of carboxylic acids is 1. The van der Waals surface area contributed by atoms with Crippen LogP contribution in [0.3, 0.4) is 0 Å². The molecule has 0 radical (unpaired) electrons. The highest BCUT2D eigenvalue weighted by atomic mass is 19.2. The van der Waals surface area contributed by atoms with E-state index in [2.05, 4.69) is 10.3 Å². The Balaban J connectivity index is 1.81. The Labute approximate surface area is 166 Å². The van der Waals surface area contributed by atoms with E-state index in [4.69, 9.17) is 0 Å². The Hall–Kier alpha value is -3.29. The van der Waals surface area contributed by atoms with Crippen molar-refractivity contribution in [2.45, 2.75) is 38.8 Å². The summed E-state index contributed by atoms with van der Waals surface area (Å²) in [5, 5.41) is 12.0. The van der Waals surface area contributed by atoms with E-state index in [0.717, 1.165) is 16.2 Å². The van der Waals surface area contributed by atoms with Crippen LogP contribution in [0, 0.1) is 11.6 Å². The molecule has 3 aromatic rings. The number of halogens is 2. The van der Waals surface area contributed by atoms with Crippen molar-refractivity contribution in [1.82, 2.24) is 14.9 Å². The molecule has 29 heavy (non-hydrogen) atoms. The maximum atomic E-state index is 14.1. The Kier molecular flexibility index (Phi) is 5.37. The number of carbonyl (C=O) groups excluding carboxylic acids is 1. The minimum atomic E-state index is -1.27. The number of rotatable bonds is 5. The lowest BCUT2D eigenvalue weighted by molar-refractivity contribution is -0.142. The van der Waals surface area contributed by atoms with Crippen LogP contribution >= 0.6 is 0 Å². The van der Waals surface area contributed by atoms with Gasteiger partial charge in [-0.15, -0.1) is 0 Å². The first-order chi connectivity index (χ1) is 13.6. The molecule has 1 atom stereocenters. The molecule has 0 bridgehead atoms. The van der Waals surface area contributed by atoms with Gasteiger partial charge in [-0.1, -0.05) is 45.0 Å². The third-order valence-corrected chi connectivity index (χ3v) is 4.65. The van der Waals surface area contributed by atoms with E-state index < -0.39 is 36.1 Å². The van der Waals surface area contributed by atoms with Crippen molar-refractivity contribution >= 4 is 22.9 Å². The number of imidazole rings is 1. The predicted octanol–water partition coefficient (Wildman–Crippen LogP) is 3.55. The van der Waals surface area contributed by atoms with Gasteiger partial charge >= 0.3 is 5.97 Å². The zero-order valence-corrected chi connectivity index (χ0v) is 16.2. The fraction of sp³-hybridized carbons (Fsp3) is 0.286. The van der Waals surface area contributed by atoms with Crippen molar-refractivity contribution in [1.29, 1.82) is 0 Å². The maximum Gasteiger partial charge on any atom is 0.330 e. The van der Waals surface area contributed by atoms with Gasteiger partial charge in [-0.05, 0) is 28.7 Å². The number of aliphatic carboxylic acids is 1. The van der Waals surface area contributed by atoms with Crippen LogP contribution in [0.15, 0.2) is 42.7 Å². The van der Waals surface area contributed by atoms with Crippen molar-refractivity contribution in [2.75, 3.05) is 0 Å². The van der Waals surface area contributed by atoms with Gasteiger partial charge in [-0.3, -0.25) is 4.79 Å². The largest absolute Gasteiger partial charge is 0.479 e. The molecule has 0 aliphatic rings. The molecule has 3 rings (SSSR count). The lowest BCUT2D eigenvalue weighted by atomic mass is 9.86. The van der Waals surface area contributed by atoms with Crippen LogP contribution in [0.25, 0.3) is 11.0 Å². The Morgan fingerprint density at radius 2 is 1.79 bits per heavy atom. The zero-order chi connectivity index (χ0) is 21.3. The van der Waals surface area contributed by atoms with E-state index in [0.29, 0.717) is 5.56 Å². The minimum Gasteiger partial charge on any atom is -0.479 e. The number of carboxylic acid groups (broad SMARTS) is 1. The summed E-state index contributed by atoms with van der Waals surface area (Å²) in [6.07, 6.45) is 1.21. The molecule has 0 aliphatic heterocycles. The Morgan fingerprint density at radius 3 is 2.38 bits per heavy atom. The highest BCUT2D eigenvalue weighted by molar-refractivity contribution is 5.86. The van der Waals surface area contributed by atoms with Gasteiger partial charge in [0.15, 0.2) is 17.7 Å². The second-order valence-electron chi connectivity index (χ2n) is 7.81. The van der Waals surface area contributed by atoms with Crippen molar-refractivity contribution in [2.24, 2.45) is 0 Å². The van der Waals surface area contributed by atoms with Crippen LogP contribution < -0.4 is 5.32 Å². The molecular weight excluding hydrogens is 380 g/mol. The van der Waals surface area contributed by atoms with Gasteiger partial charge in [-0.25, -0.2) is 18.6 Å². The number of benzene rings is 2. The van der Waals surface area contributed by atoms with Gasteiger partial charge in [0.2, 0.25) is 5.91 Å². The third kappa shape index (κ3) is 4.26. The molecule has 0 spiro atoms. The summed E-state index contributed by atoms with van der Waals surface area (Å²) < 4.78 is 28.7. The van der Waals surface area contributed by atoms with Gasteiger partial charge in [0.05, 0.1) is 11.8 Å². The van der Waals surface area contributed by atoms with Crippen molar-refractivity contribution in [3.05, 3.63) is 65.5 Å². The number of carbonyl (C=O) groups is 2. The fourth-order valence-corrected chi connectivity index (χ4v) is 3.04. The quantitative estimate of drug-likeness (QED) is 0.685. The molecule has 152 valence electrons. The molecule has 2 N–H and O–H groups in total. The van der Waals surface area contributed by atoms with Crippen LogP contribution in [0.5, 0.6) is 0 Å². The number of nitrogens with zero attached hydrogens (tertiary/aromatic N) is 2. The summed E-state index contributed by atoms with van der Waals surface area (Å²) in [4.78, 5) is 28.1. The molecule has 0 aliphatic carbocycles. The molecule has 2 aromatic carbocycles. The van der Waals surface area contributed by atoms with Gasteiger partial charge < -0.3 is 15.0 Å². The lowest BCUT2D eigenvalue weighted by Gasteiger charge is -2.21. The van der Waals surface area contributed by atoms with E-state index in [1.54, 1.807) is 12.1 Å². The predicted molar refractivity (Wildman–Crippen MR) is 103 cm³/mol. The summed E-state index contributed by atoms with van der Waals surface area (Å²) in [6.45, 7) is 5.71. The zero-order valence-electron chi connectivity index (χ0n) is 16.2. The molecular formula is C21H21F2N3O3.